The number of nitrogens with zero attached hydrogens (tertiary/aromatic N) is 3. The van der Waals surface area contributed by atoms with E-state index in [0.29, 0.717) is 5.56 Å². The summed E-state index contributed by atoms with van der Waals surface area (Å²) in [6.45, 7) is 0. The molecule has 0 saturated carbocycles. The van der Waals surface area contributed by atoms with Crippen LogP contribution in [0.1, 0.15) is 5.56 Å². The predicted molar refractivity (Wildman–Crippen MR) is 59.0 cm³/mol. The third-order valence-corrected chi connectivity index (χ3v) is 2.20. The lowest BCUT2D eigenvalue weighted by Gasteiger charge is -1.96. The second-order valence-corrected chi connectivity index (χ2v) is 3.19. The van der Waals surface area contributed by atoms with Gasteiger partial charge in [-0.3, -0.25) is 10.1 Å². The van der Waals surface area contributed by atoms with E-state index in [1.54, 1.807) is 35.0 Å². The van der Waals surface area contributed by atoms with Gasteiger partial charge in [0.1, 0.15) is 0 Å². The molecule has 0 unspecified atom stereocenters. The maximum atomic E-state index is 10.2. The molecule has 0 N–H and O–H groups in total. The molecule has 5 heteroatoms. The van der Waals surface area contributed by atoms with Gasteiger partial charge >= 0.3 is 0 Å². The van der Waals surface area contributed by atoms with Crippen LogP contribution in [-0.4, -0.2) is 9.49 Å². The normalized spacial score (nSPS) is 10.7. The van der Waals surface area contributed by atoms with E-state index >= 15 is 0 Å². The van der Waals surface area contributed by atoms with Gasteiger partial charge in [0.2, 0.25) is 0 Å². The van der Waals surface area contributed by atoms with Gasteiger partial charge in [-0.05, 0) is 24.3 Å². The Morgan fingerprint density at radius 1 is 1.44 bits per heavy atom. The fourth-order valence-electron chi connectivity index (χ4n) is 1.49. The van der Waals surface area contributed by atoms with Crippen molar-refractivity contribution < 1.29 is 4.92 Å². The summed E-state index contributed by atoms with van der Waals surface area (Å²) in [5.74, 6) is 0. The van der Waals surface area contributed by atoms with Crippen LogP contribution in [-0.2, 0) is 0 Å². The molecule has 0 amide bonds. The van der Waals surface area contributed by atoms with Crippen LogP contribution in [0.2, 0.25) is 0 Å². The summed E-state index contributed by atoms with van der Waals surface area (Å²) in [4.78, 5) is 9.68. The van der Waals surface area contributed by atoms with Gasteiger partial charge in [-0.2, -0.15) is 5.26 Å². The summed E-state index contributed by atoms with van der Waals surface area (Å²) in [7, 11) is 0. The summed E-state index contributed by atoms with van der Waals surface area (Å²) in [5, 5.41) is 19.8. The maximum absolute atomic E-state index is 10.2. The summed E-state index contributed by atoms with van der Waals surface area (Å²) in [6.07, 6.45) is 3.96. The fourth-order valence-corrected chi connectivity index (χ4v) is 1.49. The van der Waals surface area contributed by atoms with Gasteiger partial charge in [-0.15, -0.1) is 0 Å². The first-order chi connectivity index (χ1) is 7.70. The molecule has 0 spiro atoms. The second-order valence-electron chi connectivity index (χ2n) is 3.19. The summed E-state index contributed by atoms with van der Waals surface area (Å²) < 4.78 is 1.64. The van der Waals surface area contributed by atoms with Crippen molar-refractivity contribution in [3.63, 3.8) is 0 Å². The zero-order chi connectivity index (χ0) is 11.5. The number of nitro groups is 1. The van der Waals surface area contributed by atoms with Gasteiger partial charge in [0, 0.05) is 11.6 Å². The molecule has 0 atom stereocenters. The zero-order valence-electron chi connectivity index (χ0n) is 8.20. The number of benzene rings is 1. The number of aromatic nitrogens is 1. The van der Waals surface area contributed by atoms with Crippen LogP contribution in [0, 0.1) is 21.4 Å². The van der Waals surface area contributed by atoms with E-state index in [4.69, 9.17) is 5.26 Å². The molecule has 0 aliphatic carbocycles. The van der Waals surface area contributed by atoms with Crippen LogP contribution in [0.3, 0.4) is 0 Å². The topological polar surface area (TPSA) is 71.9 Å². The van der Waals surface area contributed by atoms with Crippen molar-refractivity contribution in [1.82, 2.24) is 4.57 Å². The van der Waals surface area contributed by atoms with Crippen molar-refractivity contribution in [3.05, 3.63) is 52.3 Å². The van der Waals surface area contributed by atoms with Gasteiger partial charge in [-0.25, -0.2) is 0 Å². The molecular weight excluding hydrogens is 206 g/mol. The third-order valence-electron chi connectivity index (χ3n) is 2.20. The van der Waals surface area contributed by atoms with Crippen LogP contribution >= 0.6 is 0 Å². The molecule has 78 valence electrons. The quantitative estimate of drug-likeness (QED) is 0.567. The Balaban J connectivity index is 2.50. The van der Waals surface area contributed by atoms with Crippen molar-refractivity contribution >= 4 is 17.1 Å². The van der Waals surface area contributed by atoms with E-state index in [-0.39, 0.29) is 0 Å². The minimum Gasteiger partial charge on any atom is -0.317 e. The molecule has 1 aromatic heterocycles. The smallest absolute Gasteiger partial charge is 0.250 e. The molecule has 2 rings (SSSR count). The molecule has 0 aliphatic rings. The summed E-state index contributed by atoms with van der Waals surface area (Å²) in [5.41, 5.74) is 1.40. The molecule has 1 heterocycles. The van der Waals surface area contributed by atoms with Crippen LogP contribution in [0.15, 0.2) is 36.7 Å². The largest absolute Gasteiger partial charge is 0.317 e. The van der Waals surface area contributed by atoms with Crippen molar-refractivity contribution in [3.8, 4) is 6.07 Å². The summed E-state index contributed by atoms with van der Waals surface area (Å²) in [6, 6.07) is 9.03. The highest BCUT2D eigenvalue weighted by atomic mass is 16.6. The zero-order valence-corrected chi connectivity index (χ0v) is 8.20. The number of hydrogen-bond acceptors (Lipinski definition) is 3. The lowest BCUT2D eigenvalue weighted by molar-refractivity contribution is -0.401. The van der Waals surface area contributed by atoms with E-state index in [2.05, 4.69) is 0 Å². The highest BCUT2D eigenvalue weighted by Crippen LogP contribution is 2.17. The molecule has 0 fully saturated rings. The van der Waals surface area contributed by atoms with E-state index in [9.17, 15) is 10.1 Å². The Morgan fingerprint density at radius 2 is 2.25 bits per heavy atom. The van der Waals surface area contributed by atoms with Gasteiger partial charge < -0.3 is 4.57 Å². The van der Waals surface area contributed by atoms with Crippen LogP contribution in [0.4, 0.5) is 0 Å². The number of fused-ring (bicyclic) bond motifs is 1. The standard InChI is InChI=1S/C11H7N3O2/c12-8-9-1-2-11-10(7-9)3-4-13(11)5-6-14(15)16/h1-7H. The number of rotatable bonds is 2. The van der Waals surface area contributed by atoms with Crippen molar-refractivity contribution in [2.24, 2.45) is 0 Å². The maximum Gasteiger partial charge on any atom is 0.250 e. The van der Waals surface area contributed by atoms with E-state index in [0.717, 1.165) is 17.1 Å². The summed E-state index contributed by atoms with van der Waals surface area (Å²) >= 11 is 0. The van der Waals surface area contributed by atoms with Gasteiger partial charge in [-0.1, -0.05) is 0 Å². The first-order valence-electron chi connectivity index (χ1n) is 4.53. The Hall–Kier alpha value is -2.61. The first kappa shape index (κ1) is 9.93. The number of nitriles is 1. The second kappa shape index (κ2) is 3.87. The van der Waals surface area contributed by atoms with E-state index in [1.165, 1.54) is 6.20 Å². The molecule has 0 radical (unpaired) electrons. The minimum atomic E-state index is -0.518. The van der Waals surface area contributed by atoms with Gasteiger partial charge in [0.05, 0.1) is 28.3 Å². The monoisotopic (exact) mass is 213 g/mol. The molecule has 0 saturated heterocycles. The molecule has 1 aromatic carbocycles. The molecule has 16 heavy (non-hydrogen) atoms. The minimum absolute atomic E-state index is 0.518. The van der Waals surface area contributed by atoms with Crippen LogP contribution < -0.4 is 0 Å². The molecule has 0 bridgehead atoms. The third kappa shape index (κ3) is 1.77. The highest BCUT2D eigenvalue weighted by molar-refractivity contribution is 5.83. The predicted octanol–water partition coefficient (Wildman–Crippen LogP) is 2.22. The van der Waals surface area contributed by atoms with Crippen molar-refractivity contribution in [1.29, 1.82) is 5.26 Å². The van der Waals surface area contributed by atoms with E-state index < -0.39 is 4.92 Å². The molecule has 0 aliphatic heterocycles. The van der Waals surface area contributed by atoms with Crippen LogP contribution in [0.5, 0.6) is 0 Å². The molecular formula is C11H7N3O2. The van der Waals surface area contributed by atoms with Crippen molar-refractivity contribution in [2.75, 3.05) is 0 Å². The van der Waals surface area contributed by atoms with Crippen LogP contribution in [0.25, 0.3) is 17.1 Å². The average Bonchev–Trinajstić information content (AvgIpc) is 2.68. The average molecular weight is 213 g/mol. The Labute approximate surface area is 91.0 Å². The first-order valence-corrected chi connectivity index (χ1v) is 4.53. The molecule has 2 aromatic rings. The fraction of sp³-hybridized carbons (Fsp3) is 0. The van der Waals surface area contributed by atoms with Gasteiger partial charge in [0.15, 0.2) is 0 Å². The Kier molecular flexibility index (Phi) is 2.40. The molecule has 5 nitrogen and oxygen atoms in total. The number of hydrogen-bond donors (Lipinski definition) is 0. The lowest BCUT2D eigenvalue weighted by atomic mass is 10.2. The van der Waals surface area contributed by atoms with Gasteiger partial charge in [0.25, 0.3) is 6.20 Å². The van der Waals surface area contributed by atoms with E-state index in [1.807, 2.05) is 6.07 Å². The SMILES string of the molecule is N#Cc1ccc2c(ccn2C=C[N+](=O)[O-])c1. The highest BCUT2D eigenvalue weighted by Gasteiger charge is 2.00. The lowest BCUT2D eigenvalue weighted by Crippen LogP contribution is -1.88. The Bertz CT molecular complexity index is 620. The Morgan fingerprint density at radius 3 is 2.94 bits per heavy atom. The van der Waals surface area contributed by atoms with Crippen molar-refractivity contribution in [2.45, 2.75) is 0 Å².